The number of nitrogens with zero attached hydrogens (tertiary/aromatic N) is 1. The summed E-state index contributed by atoms with van der Waals surface area (Å²) in [7, 11) is 0. The molecule has 0 aromatic rings. The van der Waals surface area contributed by atoms with Crippen LogP contribution in [-0.2, 0) is 0 Å². The fourth-order valence-electron chi connectivity index (χ4n) is 0.648. The predicted molar refractivity (Wildman–Crippen MR) is 36.5 cm³/mol. The van der Waals surface area contributed by atoms with Crippen LogP contribution in [0.1, 0.15) is 12.8 Å². The minimum atomic E-state index is 0.636. The largest absolute Gasteiger partial charge is 0.269 e. The van der Waals surface area contributed by atoms with E-state index in [1.165, 1.54) is 5.57 Å². The van der Waals surface area contributed by atoms with E-state index in [0.717, 1.165) is 12.8 Å². The van der Waals surface area contributed by atoms with Crippen molar-refractivity contribution in [2.24, 2.45) is 4.99 Å². The van der Waals surface area contributed by atoms with E-state index in [9.17, 15) is 0 Å². The average molecular weight is 130 g/mol. The summed E-state index contributed by atoms with van der Waals surface area (Å²) in [5.74, 6) is 0.636. The standard InChI is InChI=1S/C6H8ClN/c7-4-6-2-1-3-8-5-6/h3,5H,1-2,4H2. The van der Waals surface area contributed by atoms with Gasteiger partial charge in [-0.2, -0.15) is 0 Å². The minimum absolute atomic E-state index is 0.636. The molecule has 0 N–H and O–H groups in total. The first-order valence-electron chi connectivity index (χ1n) is 2.69. The summed E-state index contributed by atoms with van der Waals surface area (Å²) in [5, 5.41) is 0. The normalized spacial score (nSPS) is 18.4. The zero-order chi connectivity index (χ0) is 5.82. The van der Waals surface area contributed by atoms with Gasteiger partial charge in [-0.25, -0.2) is 0 Å². The molecule has 0 fully saturated rings. The molecule has 1 aliphatic heterocycles. The monoisotopic (exact) mass is 129 g/mol. The summed E-state index contributed by atoms with van der Waals surface area (Å²) in [4.78, 5) is 3.96. The maximum atomic E-state index is 5.54. The Labute approximate surface area is 54.1 Å². The van der Waals surface area contributed by atoms with E-state index in [-0.39, 0.29) is 0 Å². The van der Waals surface area contributed by atoms with Crippen molar-refractivity contribution in [2.75, 3.05) is 5.88 Å². The van der Waals surface area contributed by atoms with E-state index in [1.54, 1.807) is 0 Å². The van der Waals surface area contributed by atoms with E-state index in [4.69, 9.17) is 11.6 Å². The molecule has 1 aliphatic rings. The molecule has 44 valence electrons. The first-order chi connectivity index (χ1) is 3.93. The van der Waals surface area contributed by atoms with E-state index in [0.29, 0.717) is 5.88 Å². The van der Waals surface area contributed by atoms with Gasteiger partial charge < -0.3 is 0 Å². The molecule has 0 saturated carbocycles. The first-order valence-corrected chi connectivity index (χ1v) is 3.22. The van der Waals surface area contributed by atoms with Crippen LogP contribution >= 0.6 is 11.6 Å². The first kappa shape index (κ1) is 5.83. The molecule has 0 bridgehead atoms. The van der Waals surface area contributed by atoms with Crippen molar-refractivity contribution < 1.29 is 0 Å². The van der Waals surface area contributed by atoms with Crippen molar-refractivity contribution in [1.29, 1.82) is 0 Å². The average Bonchev–Trinajstić information content (AvgIpc) is 1.90. The molecule has 1 nitrogen and oxygen atoms in total. The molecule has 0 aromatic heterocycles. The molecular weight excluding hydrogens is 122 g/mol. The zero-order valence-corrected chi connectivity index (χ0v) is 5.36. The highest BCUT2D eigenvalue weighted by molar-refractivity contribution is 6.19. The van der Waals surface area contributed by atoms with E-state index in [2.05, 4.69) is 4.99 Å². The van der Waals surface area contributed by atoms with Gasteiger partial charge in [-0.05, 0) is 18.4 Å². The van der Waals surface area contributed by atoms with Crippen molar-refractivity contribution in [3.8, 4) is 0 Å². The highest BCUT2D eigenvalue weighted by Gasteiger charge is 1.95. The third kappa shape index (κ3) is 1.34. The summed E-state index contributed by atoms with van der Waals surface area (Å²) in [5.41, 5.74) is 1.24. The summed E-state index contributed by atoms with van der Waals surface area (Å²) in [6.07, 6.45) is 5.90. The number of hydrogen-bond donors (Lipinski definition) is 0. The molecule has 0 radical (unpaired) electrons. The van der Waals surface area contributed by atoms with Crippen molar-refractivity contribution in [2.45, 2.75) is 12.8 Å². The number of alkyl halides is 1. The Morgan fingerprint density at radius 2 is 2.62 bits per heavy atom. The molecule has 0 aromatic carbocycles. The van der Waals surface area contributed by atoms with Crippen LogP contribution in [0, 0.1) is 0 Å². The Hall–Kier alpha value is -0.300. The molecule has 0 unspecified atom stereocenters. The lowest BCUT2D eigenvalue weighted by molar-refractivity contribution is 0.997. The minimum Gasteiger partial charge on any atom is -0.269 e. The van der Waals surface area contributed by atoms with Gasteiger partial charge in [0, 0.05) is 18.3 Å². The summed E-state index contributed by atoms with van der Waals surface area (Å²) < 4.78 is 0. The van der Waals surface area contributed by atoms with Crippen LogP contribution in [0.25, 0.3) is 0 Å². The van der Waals surface area contributed by atoms with Crippen LogP contribution in [0.15, 0.2) is 16.8 Å². The van der Waals surface area contributed by atoms with Crippen LogP contribution < -0.4 is 0 Å². The van der Waals surface area contributed by atoms with E-state index >= 15 is 0 Å². The molecule has 0 saturated heterocycles. The Morgan fingerprint density at radius 1 is 1.75 bits per heavy atom. The number of hydrogen-bond acceptors (Lipinski definition) is 1. The third-order valence-electron chi connectivity index (χ3n) is 1.13. The van der Waals surface area contributed by atoms with Gasteiger partial charge >= 0.3 is 0 Å². The summed E-state index contributed by atoms with van der Waals surface area (Å²) in [6, 6.07) is 0. The molecule has 2 heteroatoms. The highest BCUT2D eigenvalue weighted by Crippen LogP contribution is 2.09. The zero-order valence-electron chi connectivity index (χ0n) is 4.60. The van der Waals surface area contributed by atoms with Crippen molar-refractivity contribution in [1.82, 2.24) is 0 Å². The molecule has 0 aliphatic carbocycles. The van der Waals surface area contributed by atoms with Gasteiger partial charge in [-0.15, -0.1) is 11.6 Å². The molecule has 1 rings (SSSR count). The molecule has 1 heterocycles. The van der Waals surface area contributed by atoms with Crippen LogP contribution in [0.3, 0.4) is 0 Å². The number of allylic oxidation sites excluding steroid dienone is 1. The van der Waals surface area contributed by atoms with Crippen molar-refractivity contribution in [3.63, 3.8) is 0 Å². The van der Waals surface area contributed by atoms with E-state index in [1.807, 2.05) is 12.4 Å². The van der Waals surface area contributed by atoms with Crippen molar-refractivity contribution in [3.05, 3.63) is 11.8 Å². The Bertz CT molecular complexity index is 126. The van der Waals surface area contributed by atoms with Crippen LogP contribution in [0.4, 0.5) is 0 Å². The lowest BCUT2D eigenvalue weighted by Crippen LogP contribution is -1.90. The second-order valence-corrected chi connectivity index (χ2v) is 2.06. The lowest BCUT2D eigenvalue weighted by atomic mass is 10.1. The van der Waals surface area contributed by atoms with Gasteiger partial charge in [-0.3, -0.25) is 4.99 Å². The van der Waals surface area contributed by atoms with Gasteiger partial charge in [0.05, 0.1) is 0 Å². The Kier molecular flexibility index (Phi) is 2.10. The summed E-state index contributed by atoms with van der Waals surface area (Å²) >= 11 is 5.54. The fraction of sp³-hybridized carbons (Fsp3) is 0.500. The Balaban J connectivity index is 2.50. The topological polar surface area (TPSA) is 12.4 Å². The number of rotatable bonds is 1. The second kappa shape index (κ2) is 2.88. The molecular formula is C6H8ClN. The lowest BCUT2D eigenvalue weighted by Gasteiger charge is -2.01. The van der Waals surface area contributed by atoms with Gasteiger partial charge in [0.25, 0.3) is 0 Å². The maximum Gasteiger partial charge on any atom is 0.0451 e. The quantitative estimate of drug-likeness (QED) is 0.480. The second-order valence-electron chi connectivity index (χ2n) is 1.79. The molecule has 8 heavy (non-hydrogen) atoms. The highest BCUT2D eigenvalue weighted by atomic mass is 35.5. The van der Waals surface area contributed by atoms with E-state index < -0.39 is 0 Å². The third-order valence-corrected chi connectivity index (χ3v) is 1.47. The molecule has 0 atom stereocenters. The predicted octanol–water partition coefficient (Wildman–Crippen LogP) is 1.97. The molecule has 0 amide bonds. The van der Waals surface area contributed by atoms with Crippen LogP contribution in [0.5, 0.6) is 0 Å². The smallest absolute Gasteiger partial charge is 0.0451 e. The van der Waals surface area contributed by atoms with Crippen LogP contribution in [-0.4, -0.2) is 12.1 Å². The maximum absolute atomic E-state index is 5.54. The number of halogens is 1. The fourth-order valence-corrected chi connectivity index (χ4v) is 0.851. The summed E-state index contributed by atoms with van der Waals surface area (Å²) in [6.45, 7) is 0. The molecule has 0 spiro atoms. The Morgan fingerprint density at radius 3 is 3.00 bits per heavy atom. The van der Waals surface area contributed by atoms with Gasteiger partial charge in [0.2, 0.25) is 0 Å². The SMILES string of the molecule is ClCC1=CN=CCC1. The van der Waals surface area contributed by atoms with Gasteiger partial charge in [0.1, 0.15) is 0 Å². The van der Waals surface area contributed by atoms with Gasteiger partial charge in [-0.1, -0.05) is 0 Å². The van der Waals surface area contributed by atoms with Crippen molar-refractivity contribution >= 4 is 17.8 Å². The number of aliphatic imine (C=N–C) groups is 1. The van der Waals surface area contributed by atoms with Gasteiger partial charge in [0.15, 0.2) is 0 Å². The van der Waals surface area contributed by atoms with Crippen LogP contribution in [0.2, 0.25) is 0 Å².